The highest BCUT2D eigenvalue weighted by atomic mass is 127. The minimum Gasteiger partial charge on any atom is -1.00 e. The third-order valence-corrected chi connectivity index (χ3v) is 1.76. The van der Waals surface area contributed by atoms with Gasteiger partial charge in [-0.2, -0.15) is 0 Å². The van der Waals surface area contributed by atoms with Gasteiger partial charge < -0.3 is 34.6 Å². The molecule has 0 aliphatic heterocycles. The van der Waals surface area contributed by atoms with Gasteiger partial charge >= 0.3 is 0 Å². The molecule has 0 unspecified atom stereocenters. The molecule has 0 saturated carbocycles. The highest BCUT2D eigenvalue weighted by molar-refractivity contribution is 5.79. The quantitative estimate of drug-likeness (QED) is 0.376. The van der Waals surface area contributed by atoms with Crippen molar-refractivity contribution in [2.45, 2.75) is 6.54 Å². The molecule has 0 amide bonds. The van der Waals surface area contributed by atoms with Crippen molar-refractivity contribution < 1.29 is 24.0 Å². The van der Waals surface area contributed by atoms with E-state index in [1.807, 2.05) is 25.2 Å². The predicted octanol–water partition coefficient (Wildman–Crippen LogP) is -2.01. The van der Waals surface area contributed by atoms with Crippen molar-refractivity contribution >= 4 is 5.96 Å². The summed E-state index contributed by atoms with van der Waals surface area (Å²) >= 11 is 0. The van der Waals surface area contributed by atoms with Gasteiger partial charge in [0.25, 0.3) is 0 Å². The molecule has 14 heavy (non-hydrogen) atoms. The Kier molecular flexibility index (Phi) is 7.18. The van der Waals surface area contributed by atoms with Crippen LogP contribution in [0.3, 0.4) is 0 Å². The zero-order valence-electron chi connectivity index (χ0n) is 8.42. The second-order valence-corrected chi connectivity index (χ2v) is 2.66. The van der Waals surface area contributed by atoms with E-state index in [0.717, 1.165) is 12.5 Å². The summed E-state index contributed by atoms with van der Waals surface area (Å²) in [5, 5.41) is 6.14. The summed E-state index contributed by atoms with van der Waals surface area (Å²) in [5.41, 5.74) is 1.25. The van der Waals surface area contributed by atoms with E-state index >= 15 is 0 Å². The molecule has 0 radical (unpaired) electrons. The van der Waals surface area contributed by atoms with Gasteiger partial charge in [0, 0.05) is 20.6 Å². The van der Waals surface area contributed by atoms with Crippen molar-refractivity contribution in [2.75, 3.05) is 14.1 Å². The van der Waals surface area contributed by atoms with Crippen LogP contribution in [0.1, 0.15) is 5.56 Å². The van der Waals surface area contributed by atoms with Crippen LogP contribution in [0.15, 0.2) is 35.3 Å². The Labute approximate surface area is 102 Å². The maximum Gasteiger partial charge on any atom is 0.190 e. The van der Waals surface area contributed by atoms with Crippen molar-refractivity contribution in [3.05, 3.63) is 35.9 Å². The minimum atomic E-state index is 0. The first kappa shape index (κ1) is 13.2. The molecule has 0 aromatic heterocycles. The fourth-order valence-corrected chi connectivity index (χ4v) is 1.06. The van der Waals surface area contributed by atoms with Gasteiger partial charge in [-0.15, -0.1) is 0 Å². The molecule has 0 bridgehead atoms. The largest absolute Gasteiger partial charge is 1.00 e. The molecule has 4 heteroatoms. The van der Waals surface area contributed by atoms with Crippen LogP contribution < -0.4 is 34.6 Å². The van der Waals surface area contributed by atoms with Gasteiger partial charge in [-0.05, 0) is 5.56 Å². The van der Waals surface area contributed by atoms with E-state index in [1.165, 1.54) is 5.56 Å². The van der Waals surface area contributed by atoms with Crippen molar-refractivity contribution in [3.63, 3.8) is 0 Å². The molecule has 0 aliphatic carbocycles. The normalized spacial score (nSPS) is 10.3. The third-order valence-electron chi connectivity index (χ3n) is 1.76. The lowest BCUT2D eigenvalue weighted by Crippen LogP contribution is -3.00. The average molecular weight is 304 g/mol. The number of guanidine groups is 1. The fraction of sp³-hybridized carbons (Fsp3) is 0.300. The molecule has 0 heterocycles. The van der Waals surface area contributed by atoms with Crippen molar-refractivity contribution in [3.8, 4) is 0 Å². The second kappa shape index (κ2) is 7.61. The van der Waals surface area contributed by atoms with Crippen LogP contribution in [0.25, 0.3) is 0 Å². The maximum absolute atomic E-state index is 4.02. The van der Waals surface area contributed by atoms with Gasteiger partial charge in [-0.25, -0.2) is 0 Å². The lowest BCUT2D eigenvalue weighted by atomic mass is 10.2. The van der Waals surface area contributed by atoms with Crippen LogP contribution in [0, 0.1) is 0 Å². The Morgan fingerprint density at radius 1 is 1.29 bits per heavy atom. The van der Waals surface area contributed by atoms with Crippen LogP contribution in [-0.2, 0) is 6.54 Å². The maximum atomic E-state index is 4.02. The van der Waals surface area contributed by atoms with Gasteiger partial charge in [0.05, 0.1) is 0 Å². The van der Waals surface area contributed by atoms with Crippen LogP contribution >= 0.6 is 0 Å². The smallest absolute Gasteiger partial charge is 0.190 e. The Morgan fingerprint density at radius 2 is 1.93 bits per heavy atom. The Morgan fingerprint density at radius 3 is 2.43 bits per heavy atom. The summed E-state index contributed by atoms with van der Waals surface area (Å²) in [4.78, 5) is 4.02. The molecule has 78 valence electrons. The van der Waals surface area contributed by atoms with Crippen LogP contribution in [0.4, 0.5) is 0 Å². The van der Waals surface area contributed by atoms with E-state index < -0.39 is 0 Å². The number of rotatable bonds is 2. The number of hydrogen-bond acceptors (Lipinski definition) is 1. The van der Waals surface area contributed by atoms with Crippen LogP contribution in [0.2, 0.25) is 0 Å². The lowest BCUT2D eigenvalue weighted by Gasteiger charge is -2.07. The van der Waals surface area contributed by atoms with Gasteiger partial charge in [-0.1, -0.05) is 30.3 Å². The number of nitrogens with one attached hydrogen (secondary N) is 2. The zero-order chi connectivity index (χ0) is 9.52. The van der Waals surface area contributed by atoms with Crippen LogP contribution in [0.5, 0.6) is 0 Å². The first-order valence-electron chi connectivity index (χ1n) is 4.29. The summed E-state index contributed by atoms with van der Waals surface area (Å²) in [5.74, 6) is 0.809. The summed E-state index contributed by atoms with van der Waals surface area (Å²) in [6, 6.07) is 10.2. The molecule has 0 fully saturated rings. The molecule has 0 spiro atoms. The molecule has 2 N–H and O–H groups in total. The molecule has 3 nitrogen and oxygen atoms in total. The Hall–Kier alpha value is -0.780. The second-order valence-electron chi connectivity index (χ2n) is 2.66. The van der Waals surface area contributed by atoms with Gasteiger partial charge in [0.15, 0.2) is 5.96 Å². The number of benzene rings is 1. The fourth-order valence-electron chi connectivity index (χ4n) is 1.06. The van der Waals surface area contributed by atoms with Crippen LogP contribution in [-0.4, -0.2) is 20.1 Å². The molecular formula is C10H15IN3-. The molecule has 0 aliphatic rings. The minimum absolute atomic E-state index is 0. The van der Waals surface area contributed by atoms with Crippen molar-refractivity contribution in [2.24, 2.45) is 4.99 Å². The number of nitrogens with zero attached hydrogens (tertiary/aromatic N) is 1. The van der Waals surface area contributed by atoms with Crippen molar-refractivity contribution in [1.29, 1.82) is 0 Å². The molecule has 1 aromatic carbocycles. The van der Waals surface area contributed by atoms with E-state index in [-0.39, 0.29) is 24.0 Å². The summed E-state index contributed by atoms with van der Waals surface area (Å²) in [6.07, 6.45) is 0. The third kappa shape index (κ3) is 4.45. The van der Waals surface area contributed by atoms with E-state index in [0.29, 0.717) is 0 Å². The van der Waals surface area contributed by atoms with Gasteiger partial charge in [-0.3, -0.25) is 4.99 Å². The monoisotopic (exact) mass is 304 g/mol. The summed E-state index contributed by atoms with van der Waals surface area (Å²) in [7, 11) is 3.60. The standard InChI is InChI=1S/C10H15N3.HI/c1-11-10(12-2)13-8-9-6-4-3-5-7-9;/h3-7H,8H2,1-2H3,(H2,11,12,13);1H/p-1. The molecule has 1 rings (SSSR count). The number of aliphatic imine (C=N–C) groups is 1. The van der Waals surface area contributed by atoms with Gasteiger partial charge in [0.1, 0.15) is 0 Å². The predicted molar refractivity (Wildman–Crippen MR) is 55.7 cm³/mol. The first-order valence-corrected chi connectivity index (χ1v) is 4.29. The number of halogens is 1. The number of hydrogen-bond donors (Lipinski definition) is 2. The molecule has 1 aromatic rings. The first-order chi connectivity index (χ1) is 6.36. The molecule has 0 saturated heterocycles. The SMILES string of the molecule is CN=C(NC)NCc1ccccc1.[I-]. The Balaban J connectivity index is 0.00000169. The van der Waals surface area contributed by atoms with Gasteiger partial charge in [0.2, 0.25) is 0 Å². The highest BCUT2D eigenvalue weighted by Crippen LogP contribution is 1.96. The summed E-state index contributed by atoms with van der Waals surface area (Å²) < 4.78 is 0. The molecular weight excluding hydrogens is 289 g/mol. The average Bonchev–Trinajstić information content (AvgIpc) is 2.21. The topological polar surface area (TPSA) is 36.4 Å². The Bertz CT molecular complexity index is 272. The highest BCUT2D eigenvalue weighted by Gasteiger charge is 1.93. The van der Waals surface area contributed by atoms with E-state index in [4.69, 9.17) is 0 Å². The van der Waals surface area contributed by atoms with E-state index in [2.05, 4.69) is 27.8 Å². The van der Waals surface area contributed by atoms with E-state index in [1.54, 1.807) is 7.05 Å². The molecule has 0 atom stereocenters. The van der Waals surface area contributed by atoms with Crippen molar-refractivity contribution in [1.82, 2.24) is 10.6 Å². The zero-order valence-corrected chi connectivity index (χ0v) is 10.6. The van der Waals surface area contributed by atoms with E-state index in [9.17, 15) is 0 Å². The summed E-state index contributed by atoms with van der Waals surface area (Å²) in [6.45, 7) is 0.800. The lowest BCUT2D eigenvalue weighted by molar-refractivity contribution is -0.00000287.